The molecular formula is C12H7ClN6S. The Morgan fingerprint density at radius 3 is 2.90 bits per heavy atom. The predicted octanol–water partition coefficient (Wildman–Crippen LogP) is 2.86. The van der Waals surface area contributed by atoms with Crippen molar-refractivity contribution in [2.24, 2.45) is 0 Å². The summed E-state index contributed by atoms with van der Waals surface area (Å²) >= 11 is 7.39. The normalized spacial score (nSPS) is 12.7. The van der Waals surface area contributed by atoms with Crippen LogP contribution in [0.3, 0.4) is 0 Å². The molecule has 0 radical (unpaired) electrons. The minimum atomic E-state index is 0.390. The molecule has 0 atom stereocenters. The number of nitrogens with one attached hydrogen (secondary N) is 1. The molecular weight excluding hydrogens is 296 g/mol. The lowest BCUT2D eigenvalue weighted by Crippen LogP contribution is -2.09. The zero-order valence-corrected chi connectivity index (χ0v) is 11.5. The van der Waals surface area contributed by atoms with Crippen LogP contribution in [-0.2, 0) is 0 Å². The first-order chi connectivity index (χ1) is 9.70. The fourth-order valence-electron chi connectivity index (χ4n) is 1.95. The van der Waals surface area contributed by atoms with Crippen LogP contribution >= 0.6 is 23.4 Å². The molecule has 0 spiro atoms. The van der Waals surface area contributed by atoms with Crippen LogP contribution in [0.2, 0.25) is 5.02 Å². The van der Waals surface area contributed by atoms with Gasteiger partial charge in [0, 0.05) is 5.02 Å². The van der Waals surface area contributed by atoms with Gasteiger partial charge in [0.25, 0.3) is 0 Å². The van der Waals surface area contributed by atoms with Crippen molar-refractivity contribution in [3.8, 4) is 0 Å². The zero-order valence-electron chi connectivity index (χ0n) is 9.96. The smallest absolute Gasteiger partial charge is 0.164 e. The first kappa shape index (κ1) is 11.7. The summed E-state index contributed by atoms with van der Waals surface area (Å²) in [4.78, 5) is 17.2. The summed E-state index contributed by atoms with van der Waals surface area (Å²) < 4.78 is 0. The van der Waals surface area contributed by atoms with Crippen LogP contribution in [0.15, 0.2) is 34.6 Å². The zero-order chi connectivity index (χ0) is 13.7. The Bertz CT molecular complexity index is 853. The number of fused-ring (bicyclic) bond motifs is 3. The van der Waals surface area contributed by atoms with Gasteiger partial charge < -0.3 is 11.1 Å². The molecule has 3 aromatic rings. The summed E-state index contributed by atoms with van der Waals surface area (Å²) in [5.41, 5.74) is 8.02. The first-order valence-electron chi connectivity index (χ1n) is 5.73. The maximum Gasteiger partial charge on any atom is 0.164 e. The lowest BCUT2D eigenvalue weighted by atomic mass is 10.3. The molecule has 0 aliphatic carbocycles. The molecule has 98 valence electrons. The van der Waals surface area contributed by atoms with Gasteiger partial charge in [-0.3, -0.25) is 0 Å². The van der Waals surface area contributed by atoms with Gasteiger partial charge in [0.05, 0.1) is 11.0 Å². The number of hydrogen-bond donors (Lipinski definition) is 2. The molecule has 1 aliphatic heterocycles. The highest BCUT2D eigenvalue weighted by molar-refractivity contribution is 7.99. The summed E-state index contributed by atoms with van der Waals surface area (Å²) in [6, 6.07) is 5.41. The van der Waals surface area contributed by atoms with E-state index < -0.39 is 0 Å². The Morgan fingerprint density at radius 1 is 1.10 bits per heavy atom. The van der Waals surface area contributed by atoms with Crippen molar-refractivity contribution in [3.05, 3.63) is 29.5 Å². The monoisotopic (exact) mass is 302 g/mol. The van der Waals surface area contributed by atoms with Crippen molar-refractivity contribution in [1.29, 1.82) is 0 Å². The van der Waals surface area contributed by atoms with Gasteiger partial charge in [-0.25, -0.2) is 19.9 Å². The van der Waals surface area contributed by atoms with E-state index in [1.165, 1.54) is 18.1 Å². The van der Waals surface area contributed by atoms with Crippen molar-refractivity contribution < 1.29 is 0 Å². The first-order valence-corrected chi connectivity index (χ1v) is 6.93. The Hall–Kier alpha value is -2.12. The number of rotatable bonds is 0. The number of nitrogens with two attached hydrogens (primary N) is 1. The van der Waals surface area contributed by atoms with Crippen molar-refractivity contribution in [3.63, 3.8) is 0 Å². The minimum Gasteiger partial charge on any atom is -0.382 e. The van der Waals surface area contributed by atoms with E-state index in [9.17, 15) is 0 Å². The molecule has 0 amide bonds. The van der Waals surface area contributed by atoms with E-state index in [0.717, 1.165) is 21.1 Å². The van der Waals surface area contributed by atoms with E-state index in [0.29, 0.717) is 22.3 Å². The largest absolute Gasteiger partial charge is 0.382 e. The number of nitrogens with zero attached hydrogens (tertiary/aromatic N) is 4. The SMILES string of the molecule is Nc1ncnc2c1Nc1nc3cc(Cl)ccc3nc1S2. The molecule has 3 N–H and O–H groups in total. The summed E-state index contributed by atoms with van der Waals surface area (Å²) in [5, 5.41) is 5.25. The third-order valence-electron chi connectivity index (χ3n) is 2.87. The maximum absolute atomic E-state index is 5.97. The van der Waals surface area contributed by atoms with E-state index in [1.807, 2.05) is 6.07 Å². The molecule has 0 bridgehead atoms. The number of hydrogen-bond acceptors (Lipinski definition) is 7. The quantitative estimate of drug-likeness (QED) is 0.483. The average Bonchev–Trinajstić information content (AvgIpc) is 2.44. The third-order valence-corrected chi connectivity index (χ3v) is 4.09. The second-order valence-corrected chi connectivity index (χ2v) is 5.59. The number of halogens is 1. The molecule has 0 unspecified atom stereocenters. The van der Waals surface area contributed by atoms with E-state index in [2.05, 4.69) is 25.3 Å². The van der Waals surface area contributed by atoms with Crippen molar-refractivity contribution in [2.75, 3.05) is 11.1 Å². The fraction of sp³-hybridized carbons (Fsp3) is 0. The van der Waals surface area contributed by atoms with Crippen LogP contribution in [0, 0.1) is 0 Å². The van der Waals surface area contributed by atoms with Crippen LogP contribution in [-0.4, -0.2) is 19.9 Å². The van der Waals surface area contributed by atoms with E-state index in [1.54, 1.807) is 12.1 Å². The van der Waals surface area contributed by atoms with Gasteiger partial charge in [-0.1, -0.05) is 11.6 Å². The maximum atomic E-state index is 5.97. The summed E-state index contributed by atoms with van der Waals surface area (Å²) in [7, 11) is 0. The van der Waals surface area contributed by atoms with Gasteiger partial charge in [0.1, 0.15) is 22.1 Å². The van der Waals surface area contributed by atoms with E-state index >= 15 is 0 Å². The molecule has 6 nitrogen and oxygen atoms in total. The Balaban J connectivity index is 1.91. The minimum absolute atomic E-state index is 0.390. The van der Waals surface area contributed by atoms with Gasteiger partial charge in [-0.2, -0.15) is 0 Å². The Morgan fingerprint density at radius 2 is 2.00 bits per heavy atom. The molecule has 3 heterocycles. The van der Waals surface area contributed by atoms with Gasteiger partial charge in [-0.15, -0.1) is 0 Å². The summed E-state index contributed by atoms with van der Waals surface area (Å²) in [6.07, 6.45) is 1.43. The average molecular weight is 303 g/mol. The summed E-state index contributed by atoms with van der Waals surface area (Å²) in [6.45, 7) is 0. The van der Waals surface area contributed by atoms with Crippen LogP contribution in [0.5, 0.6) is 0 Å². The number of aromatic nitrogens is 4. The third kappa shape index (κ3) is 1.75. The standard InChI is InChI=1S/C12H7ClN6S/c13-5-1-2-6-7(3-5)17-10-12(18-6)20-11-8(19-10)9(14)15-4-16-11/h1-4H,(H,17,19)(H2,14,15,16). The highest BCUT2D eigenvalue weighted by atomic mass is 35.5. The molecule has 8 heteroatoms. The molecule has 0 saturated carbocycles. The van der Waals surface area contributed by atoms with Gasteiger partial charge in [0.2, 0.25) is 0 Å². The van der Waals surface area contributed by atoms with Crippen LogP contribution in [0.25, 0.3) is 11.0 Å². The van der Waals surface area contributed by atoms with Crippen molar-refractivity contribution in [2.45, 2.75) is 10.1 Å². The van der Waals surface area contributed by atoms with Crippen LogP contribution < -0.4 is 11.1 Å². The Kier molecular flexibility index (Phi) is 2.45. The molecule has 20 heavy (non-hydrogen) atoms. The van der Waals surface area contributed by atoms with Gasteiger partial charge >= 0.3 is 0 Å². The molecule has 2 aromatic heterocycles. The number of nitrogen functional groups attached to an aromatic ring is 1. The number of anilines is 3. The predicted molar refractivity (Wildman–Crippen MR) is 78.4 cm³/mol. The second kappa shape index (κ2) is 4.19. The topological polar surface area (TPSA) is 89.6 Å². The van der Waals surface area contributed by atoms with Crippen LogP contribution in [0.4, 0.5) is 17.3 Å². The highest BCUT2D eigenvalue weighted by Gasteiger charge is 2.22. The molecule has 0 fully saturated rings. The fourth-order valence-corrected chi connectivity index (χ4v) is 3.00. The van der Waals surface area contributed by atoms with Gasteiger partial charge in [-0.05, 0) is 30.0 Å². The highest BCUT2D eigenvalue weighted by Crippen LogP contribution is 2.43. The molecule has 4 rings (SSSR count). The number of benzene rings is 1. The lowest BCUT2D eigenvalue weighted by molar-refractivity contribution is 1.02. The molecule has 1 aliphatic rings. The van der Waals surface area contributed by atoms with E-state index in [-0.39, 0.29) is 0 Å². The molecule has 0 saturated heterocycles. The Labute approximate surface area is 122 Å². The lowest BCUT2D eigenvalue weighted by Gasteiger charge is -2.19. The van der Waals surface area contributed by atoms with E-state index in [4.69, 9.17) is 17.3 Å². The summed E-state index contributed by atoms with van der Waals surface area (Å²) in [5.74, 6) is 1.03. The van der Waals surface area contributed by atoms with Crippen molar-refractivity contribution in [1.82, 2.24) is 19.9 Å². The molecule has 1 aromatic carbocycles. The second-order valence-electron chi connectivity index (χ2n) is 4.18. The van der Waals surface area contributed by atoms with Crippen molar-refractivity contribution >= 4 is 51.7 Å². The van der Waals surface area contributed by atoms with Gasteiger partial charge in [0.15, 0.2) is 11.6 Å². The van der Waals surface area contributed by atoms with Crippen LogP contribution in [0.1, 0.15) is 0 Å².